The van der Waals surface area contributed by atoms with Crippen molar-refractivity contribution in [3.63, 3.8) is 0 Å². The number of ether oxygens (including phenoxy) is 3. The van der Waals surface area contributed by atoms with Crippen LogP contribution in [-0.2, 0) is 30.5 Å². The zero-order chi connectivity index (χ0) is 48.9. The Morgan fingerprint density at radius 1 is 1.00 bits per heavy atom. The number of fused-ring (bicyclic) bond motifs is 1. The number of aromatic nitrogens is 2. The number of halogens is 3. The van der Waals surface area contributed by atoms with Gasteiger partial charge in [0.25, 0.3) is 15.9 Å². The molecule has 3 aromatic carbocycles. The van der Waals surface area contributed by atoms with E-state index in [0.29, 0.717) is 88.9 Å². The molecule has 1 atom stereocenters. The predicted molar refractivity (Wildman–Crippen MR) is 259 cm³/mol. The normalized spacial score (nSPS) is 18.1. The SMILES string of the molecule is COCC(=O)N1CCOC(CCCNc2ccc(S(=O)(=O)NC(=O)c3ccc(N4CCN(CC5=C(c6ccc(C(F)(F)F)cc6)CC(C)(C)CC5)CC4)cc3Oc3cnc4[nH]ccc4c3)cc2N)C1. The molecule has 0 bridgehead atoms. The van der Waals surface area contributed by atoms with Crippen molar-refractivity contribution in [2.45, 2.75) is 63.1 Å². The van der Waals surface area contributed by atoms with Crippen LogP contribution in [0.25, 0.3) is 16.6 Å². The molecule has 5 aromatic rings. The summed E-state index contributed by atoms with van der Waals surface area (Å²) >= 11 is 0. The quantitative estimate of drug-likeness (QED) is 0.0554. The molecule has 4 heterocycles. The number of morpholine rings is 1. The van der Waals surface area contributed by atoms with Crippen molar-refractivity contribution in [1.29, 1.82) is 0 Å². The lowest BCUT2D eigenvalue weighted by atomic mass is 9.72. The highest BCUT2D eigenvalue weighted by atomic mass is 32.2. The van der Waals surface area contributed by atoms with E-state index in [9.17, 15) is 31.2 Å². The maximum absolute atomic E-state index is 14.0. The molecule has 2 aliphatic heterocycles. The second-order valence-corrected chi connectivity index (χ2v) is 20.3. The van der Waals surface area contributed by atoms with Crippen molar-refractivity contribution in [1.82, 2.24) is 24.5 Å². The zero-order valence-corrected chi connectivity index (χ0v) is 39.8. The number of nitrogens with one attached hydrogen (secondary N) is 3. The molecular weight excluding hydrogens is 914 g/mol. The lowest BCUT2D eigenvalue weighted by Crippen LogP contribution is -2.47. The molecule has 19 heteroatoms. The molecule has 2 fully saturated rings. The van der Waals surface area contributed by atoms with Crippen LogP contribution < -0.4 is 25.4 Å². The van der Waals surface area contributed by atoms with Crippen molar-refractivity contribution in [2.75, 3.05) is 88.6 Å². The Labute approximate surface area is 400 Å². The molecule has 1 aliphatic carbocycles. The van der Waals surface area contributed by atoms with Crippen LogP contribution in [0.5, 0.6) is 11.5 Å². The molecule has 0 saturated carbocycles. The number of benzene rings is 3. The largest absolute Gasteiger partial charge is 0.455 e. The number of piperazine rings is 1. The number of alkyl halides is 3. The van der Waals surface area contributed by atoms with Gasteiger partial charge in [-0.1, -0.05) is 31.6 Å². The number of carbonyl (C=O) groups is 2. The molecule has 8 rings (SSSR count). The average Bonchev–Trinajstić information content (AvgIpc) is 3.79. The van der Waals surface area contributed by atoms with E-state index in [-0.39, 0.29) is 45.9 Å². The first-order valence-electron chi connectivity index (χ1n) is 23.1. The highest BCUT2D eigenvalue weighted by Gasteiger charge is 2.33. The fourth-order valence-electron chi connectivity index (χ4n) is 9.18. The first kappa shape index (κ1) is 49.3. The molecule has 15 nitrogen and oxygen atoms in total. The van der Waals surface area contributed by atoms with Gasteiger partial charge in [-0.25, -0.2) is 18.1 Å². The van der Waals surface area contributed by atoms with Gasteiger partial charge in [-0.15, -0.1) is 0 Å². The van der Waals surface area contributed by atoms with Gasteiger partial charge in [0.15, 0.2) is 0 Å². The first-order chi connectivity index (χ1) is 32.9. The number of nitrogen functional groups attached to an aromatic ring is 1. The van der Waals surface area contributed by atoms with E-state index >= 15 is 0 Å². The van der Waals surface area contributed by atoms with Gasteiger partial charge < -0.3 is 40.0 Å². The van der Waals surface area contributed by atoms with Crippen LogP contribution in [0.1, 0.15) is 67.4 Å². The van der Waals surface area contributed by atoms with E-state index in [1.807, 2.05) is 6.07 Å². The second-order valence-electron chi connectivity index (χ2n) is 18.6. The molecule has 0 spiro atoms. The second kappa shape index (κ2) is 20.8. The number of nitrogens with two attached hydrogens (primary N) is 1. The van der Waals surface area contributed by atoms with Gasteiger partial charge in [-0.05, 0) is 103 Å². The van der Waals surface area contributed by atoms with Crippen molar-refractivity contribution in [3.05, 3.63) is 107 Å². The monoisotopic (exact) mass is 972 g/mol. The molecule has 69 heavy (non-hydrogen) atoms. The summed E-state index contributed by atoms with van der Waals surface area (Å²) in [5, 5.41) is 4.02. The Morgan fingerprint density at radius 2 is 1.78 bits per heavy atom. The molecule has 1 unspecified atom stereocenters. The van der Waals surface area contributed by atoms with E-state index in [1.165, 1.54) is 31.0 Å². The lowest BCUT2D eigenvalue weighted by molar-refractivity contribution is -0.142. The number of nitrogens with zero attached hydrogens (tertiary/aromatic N) is 4. The van der Waals surface area contributed by atoms with E-state index in [0.717, 1.165) is 53.6 Å². The van der Waals surface area contributed by atoms with Gasteiger partial charge in [0.05, 0.1) is 46.3 Å². The van der Waals surface area contributed by atoms with Crippen molar-refractivity contribution < 1.29 is 45.4 Å². The van der Waals surface area contributed by atoms with Crippen LogP contribution in [0, 0.1) is 5.41 Å². The minimum atomic E-state index is -4.40. The Kier molecular flexibility index (Phi) is 14.9. The fourth-order valence-corrected chi connectivity index (χ4v) is 10.2. The zero-order valence-electron chi connectivity index (χ0n) is 39.0. The molecule has 5 N–H and O–H groups in total. The summed E-state index contributed by atoms with van der Waals surface area (Å²) < 4.78 is 86.9. The third-order valence-electron chi connectivity index (χ3n) is 13.0. The number of carbonyl (C=O) groups excluding carboxylic acids is 2. The molecule has 2 saturated heterocycles. The summed E-state index contributed by atoms with van der Waals surface area (Å²) in [5.74, 6) is -0.510. The van der Waals surface area contributed by atoms with Crippen molar-refractivity contribution in [2.24, 2.45) is 5.41 Å². The van der Waals surface area contributed by atoms with Crippen LogP contribution in [0.3, 0.4) is 0 Å². The van der Waals surface area contributed by atoms with Crippen LogP contribution in [0.15, 0.2) is 95.7 Å². The average molecular weight is 973 g/mol. The highest BCUT2D eigenvalue weighted by Crippen LogP contribution is 2.44. The summed E-state index contributed by atoms with van der Waals surface area (Å²) in [6.07, 6.45) is 2.79. The molecule has 368 valence electrons. The lowest BCUT2D eigenvalue weighted by Gasteiger charge is -2.39. The van der Waals surface area contributed by atoms with Gasteiger partial charge in [-0.3, -0.25) is 14.5 Å². The standard InChI is InChI=1S/C50H59F3N8O7S/c1-49(2)16-14-35(42(28-49)33-6-8-36(9-7-33)50(51,52)53)30-59-19-21-60(22-20-59)37-10-12-41(45(26-37)68-39-25-34-15-18-56-47(34)57-29-39)48(63)58-69(64,65)40-11-13-44(43(54)27-40)55-17-4-5-38-31-61(23-24-67-38)46(62)32-66-3/h6-13,15,18,25-27,29,38,55H,4-5,14,16-17,19-24,28,30-32,54H2,1-3H3,(H,56,57)(H,58,63). The van der Waals surface area contributed by atoms with E-state index in [2.05, 4.69) is 43.7 Å². The number of pyridine rings is 1. The van der Waals surface area contributed by atoms with Gasteiger partial charge in [0.1, 0.15) is 23.8 Å². The topological polar surface area (TPSA) is 184 Å². The molecule has 0 radical (unpaired) electrons. The molecule has 3 aliphatic rings. The number of H-pyrrole nitrogens is 1. The van der Waals surface area contributed by atoms with Gasteiger partial charge >= 0.3 is 6.18 Å². The Bertz CT molecular complexity index is 2790. The minimum absolute atomic E-state index is 0.0162. The van der Waals surface area contributed by atoms with Crippen LogP contribution in [0.4, 0.5) is 30.2 Å². The summed E-state index contributed by atoms with van der Waals surface area (Å²) in [5.41, 5.74) is 11.0. The van der Waals surface area contributed by atoms with Gasteiger partial charge in [0, 0.05) is 82.8 Å². The predicted octanol–water partition coefficient (Wildman–Crippen LogP) is 7.93. The summed E-state index contributed by atoms with van der Waals surface area (Å²) in [7, 11) is -2.91. The maximum atomic E-state index is 14.0. The number of aromatic amines is 1. The Morgan fingerprint density at radius 3 is 2.52 bits per heavy atom. The van der Waals surface area contributed by atoms with Gasteiger partial charge in [0.2, 0.25) is 5.91 Å². The number of allylic oxidation sites excluding steroid dienone is 1. The Balaban J connectivity index is 0.931. The number of methoxy groups -OCH3 is 1. The molecular formula is C50H59F3N8O7S. The number of sulfonamides is 1. The third kappa shape index (κ3) is 12.2. The summed E-state index contributed by atoms with van der Waals surface area (Å²) in [4.78, 5) is 39.7. The van der Waals surface area contributed by atoms with Gasteiger partial charge in [-0.2, -0.15) is 13.2 Å². The van der Waals surface area contributed by atoms with Crippen molar-refractivity contribution >= 4 is 55.5 Å². The maximum Gasteiger partial charge on any atom is 0.416 e. The first-order valence-corrected chi connectivity index (χ1v) is 24.6. The molecule has 2 amide bonds. The van der Waals surface area contributed by atoms with Crippen LogP contribution in [0.2, 0.25) is 0 Å². The number of amides is 2. The smallest absolute Gasteiger partial charge is 0.416 e. The van der Waals surface area contributed by atoms with Crippen LogP contribution >= 0.6 is 0 Å². The number of hydrogen-bond acceptors (Lipinski definition) is 12. The minimum Gasteiger partial charge on any atom is -0.455 e. The third-order valence-corrected chi connectivity index (χ3v) is 14.4. The molecule has 2 aromatic heterocycles. The summed E-state index contributed by atoms with van der Waals surface area (Å²) in [6, 6.07) is 18.4. The number of anilines is 3. The highest BCUT2D eigenvalue weighted by molar-refractivity contribution is 7.90. The number of rotatable bonds is 16. The van der Waals surface area contributed by atoms with E-state index in [4.69, 9.17) is 19.9 Å². The summed E-state index contributed by atoms with van der Waals surface area (Å²) in [6.45, 7) is 9.82. The van der Waals surface area contributed by atoms with Crippen LogP contribution in [-0.4, -0.2) is 119 Å². The van der Waals surface area contributed by atoms with Crippen molar-refractivity contribution in [3.8, 4) is 11.5 Å². The Hall–Kier alpha value is -6.15. The van der Waals surface area contributed by atoms with E-state index < -0.39 is 27.7 Å². The van der Waals surface area contributed by atoms with E-state index in [1.54, 1.807) is 53.6 Å². The fraction of sp³-hybridized carbons (Fsp3) is 0.420. The number of hydrogen-bond donors (Lipinski definition) is 4.